The van der Waals surface area contributed by atoms with Crippen LogP contribution in [0.2, 0.25) is 0 Å². The molecule has 0 aromatic heterocycles. The Hall–Kier alpha value is -0.320. The quantitative estimate of drug-likeness (QED) is 0.450. The first-order chi connectivity index (χ1) is 2.27. The van der Waals surface area contributed by atoms with Gasteiger partial charge in [-0.25, -0.2) is 0 Å². The zero-order chi connectivity index (χ0) is 4.28. The number of rotatable bonds is 1. The molecule has 7 N–H and O–H groups in total. The molecule has 46 valence electrons. The fraction of sp³-hybridized carbons (Fsp3) is 0.500. The van der Waals surface area contributed by atoms with Crippen molar-refractivity contribution in [1.82, 2.24) is 12.3 Å². The van der Waals surface area contributed by atoms with Gasteiger partial charge in [0.15, 0.2) is 0 Å². The minimum Gasteiger partial charge on any atom is -0.480 e. The van der Waals surface area contributed by atoms with Crippen LogP contribution in [-0.4, -0.2) is 17.0 Å². The number of carboxylic acid groups (broad SMARTS) is 1. The van der Waals surface area contributed by atoms with Crippen LogP contribution in [-0.2, 0) is 4.79 Å². The molecule has 0 aliphatic carbocycles. The van der Waals surface area contributed by atoms with E-state index < -0.39 is 5.97 Å². The predicted molar refractivity (Wildman–Crippen MR) is 28.4 cm³/mol. The molecule has 4 nitrogen and oxygen atoms in total. The largest absolute Gasteiger partial charge is 0.480 e. The zero-order valence-electron chi connectivity index (χ0n) is 3.85. The van der Waals surface area contributed by atoms with Gasteiger partial charge in [0.05, 0.1) is 0 Å². The van der Waals surface area contributed by atoms with Crippen LogP contribution < -0.4 is 12.3 Å². The molecule has 0 rings (SSSR count). The molecule has 0 aliphatic heterocycles. The average molecular weight is 129 g/mol. The monoisotopic (exact) mass is 128 g/mol. The second-order valence-corrected chi connectivity index (χ2v) is 0.795. The Labute approximate surface area is 46.6 Å². The smallest absolute Gasteiger partial charge is 0.318 e. The van der Waals surface area contributed by atoms with Gasteiger partial charge in [0.25, 0.3) is 0 Å². The number of halogens is 1. The van der Waals surface area contributed by atoms with Crippen LogP contribution >= 0.6 is 11.6 Å². The van der Waals surface area contributed by atoms with E-state index in [-0.39, 0.29) is 18.2 Å². The fourth-order valence-electron chi connectivity index (χ4n) is 0. The van der Waals surface area contributed by atoms with Crippen molar-refractivity contribution in [2.24, 2.45) is 0 Å². The van der Waals surface area contributed by atoms with Crippen LogP contribution in [0, 0.1) is 0 Å². The molecular weight excluding hydrogens is 119 g/mol. The summed E-state index contributed by atoms with van der Waals surface area (Å²) in [7, 11) is 0. The van der Waals surface area contributed by atoms with Gasteiger partial charge in [-0.2, -0.15) is 0 Å². The van der Waals surface area contributed by atoms with Gasteiger partial charge < -0.3 is 17.4 Å². The van der Waals surface area contributed by atoms with Crippen molar-refractivity contribution in [1.29, 1.82) is 0 Å². The maximum Gasteiger partial charge on any atom is 0.318 e. The Morgan fingerprint density at radius 1 is 1.57 bits per heavy atom. The van der Waals surface area contributed by atoms with Gasteiger partial charge in [0, 0.05) is 0 Å². The summed E-state index contributed by atoms with van der Waals surface area (Å²) in [5.41, 5.74) is 0. The molecular formula is C2H9ClN2O2. The van der Waals surface area contributed by atoms with Gasteiger partial charge >= 0.3 is 5.97 Å². The van der Waals surface area contributed by atoms with Crippen LogP contribution in [0.3, 0.4) is 0 Å². The topological polar surface area (TPSA) is 107 Å². The summed E-state index contributed by atoms with van der Waals surface area (Å²) in [5, 5.41) is 7.59. The van der Waals surface area contributed by atoms with E-state index in [1.54, 1.807) is 0 Å². The predicted octanol–water partition coefficient (Wildman–Crippen LogP) is 0.634. The van der Waals surface area contributed by atoms with Crippen molar-refractivity contribution in [3.63, 3.8) is 0 Å². The third kappa shape index (κ3) is 27.3. The number of aliphatic carboxylic acids is 1. The first kappa shape index (κ1) is 15.9. The van der Waals surface area contributed by atoms with Gasteiger partial charge in [-0.3, -0.25) is 4.79 Å². The second kappa shape index (κ2) is 9.19. The number of hydrogen-bond acceptors (Lipinski definition) is 3. The van der Waals surface area contributed by atoms with Crippen molar-refractivity contribution >= 4 is 17.6 Å². The summed E-state index contributed by atoms with van der Waals surface area (Å²) >= 11 is 4.74. The van der Waals surface area contributed by atoms with Gasteiger partial charge in [-0.15, -0.1) is 11.6 Å². The van der Waals surface area contributed by atoms with E-state index in [0.29, 0.717) is 0 Å². The number of carboxylic acids is 1. The van der Waals surface area contributed by atoms with E-state index >= 15 is 0 Å². The highest BCUT2D eigenvalue weighted by Crippen LogP contribution is 1.67. The lowest BCUT2D eigenvalue weighted by Gasteiger charge is -1.69. The van der Waals surface area contributed by atoms with E-state index in [9.17, 15) is 4.79 Å². The maximum atomic E-state index is 9.24. The number of carbonyl (C=O) groups is 1. The zero-order valence-corrected chi connectivity index (χ0v) is 4.61. The molecule has 0 aliphatic rings. The van der Waals surface area contributed by atoms with Crippen LogP contribution in [0.4, 0.5) is 0 Å². The second-order valence-electron chi connectivity index (χ2n) is 0.527. The molecule has 0 heterocycles. The average Bonchev–Trinajstić information content (AvgIpc) is 1.38. The van der Waals surface area contributed by atoms with Gasteiger partial charge in [-0.05, 0) is 0 Å². The maximum absolute atomic E-state index is 9.24. The highest BCUT2D eigenvalue weighted by atomic mass is 35.5. The lowest BCUT2D eigenvalue weighted by molar-refractivity contribution is -0.134. The third-order valence-electron chi connectivity index (χ3n) is 0.114. The minimum atomic E-state index is -0.980. The van der Waals surface area contributed by atoms with Gasteiger partial charge in [0.1, 0.15) is 5.88 Å². The molecule has 0 fully saturated rings. The molecule has 7 heavy (non-hydrogen) atoms. The number of hydrogen-bond donors (Lipinski definition) is 3. The van der Waals surface area contributed by atoms with Gasteiger partial charge in [0.2, 0.25) is 0 Å². The summed E-state index contributed by atoms with van der Waals surface area (Å²) in [6.45, 7) is 0. The van der Waals surface area contributed by atoms with Crippen LogP contribution in [0.5, 0.6) is 0 Å². The van der Waals surface area contributed by atoms with Crippen molar-refractivity contribution in [2.75, 3.05) is 5.88 Å². The Balaban J connectivity index is -0.0000000800. The molecule has 0 saturated carbocycles. The highest BCUT2D eigenvalue weighted by Gasteiger charge is 1.83. The van der Waals surface area contributed by atoms with E-state index in [1.807, 2.05) is 0 Å². The van der Waals surface area contributed by atoms with Crippen molar-refractivity contribution in [3.05, 3.63) is 0 Å². The van der Waals surface area contributed by atoms with E-state index in [2.05, 4.69) is 0 Å². The first-order valence-electron chi connectivity index (χ1n) is 1.05. The Morgan fingerprint density at radius 3 is 1.71 bits per heavy atom. The molecule has 0 amide bonds. The van der Waals surface area contributed by atoms with E-state index in [0.717, 1.165) is 0 Å². The van der Waals surface area contributed by atoms with E-state index in [1.165, 1.54) is 0 Å². The minimum absolute atomic E-state index is 0. The first-order valence-corrected chi connectivity index (χ1v) is 1.58. The van der Waals surface area contributed by atoms with Crippen molar-refractivity contribution < 1.29 is 9.90 Å². The third-order valence-corrected chi connectivity index (χ3v) is 0.343. The van der Waals surface area contributed by atoms with Crippen molar-refractivity contribution in [2.45, 2.75) is 0 Å². The normalized spacial score (nSPS) is 5.29. The van der Waals surface area contributed by atoms with Crippen LogP contribution in [0.25, 0.3) is 0 Å². The van der Waals surface area contributed by atoms with Crippen LogP contribution in [0.1, 0.15) is 0 Å². The lowest BCUT2D eigenvalue weighted by Crippen LogP contribution is -1.92. The molecule has 0 aromatic carbocycles. The molecule has 0 spiro atoms. The lowest BCUT2D eigenvalue weighted by atomic mass is 10.8. The molecule has 5 heteroatoms. The summed E-state index contributed by atoms with van der Waals surface area (Å²) < 4.78 is 0. The summed E-state index contributed by atoms with van der Waals surface area (Å²) in [5.74, 6) is -1.29. The number of alkyl halides is 1. The highest BCUT2D eigenvalue weighted by molar-refractivity contribution is 6.26. The molecule has 0 bridgehead atoms. The molecule has 0 saturated heterocycles. The summed E-state index contributed by atoms with van der Waals surface area (Å²) in [4.78, 5) is 9.24. The Bertz CT molecular complexity index is 49.0. The summed E-state index contributed by atoms with van der Waals surface area (Å²) in [6.07, 6.45) is 0. The Morgan fingerprint density at radius 2 is 1.71 bits per heavy atom. The van der Waals surface area contributed by atoms with Gasteiger partial charge in [-0.1, -0.05) is 0 Å². The van der Waals surface area contributed by atoms with Crippen LogP contribution in [0.15, 0.2) is 0 Å². The summed E-state index contributed by atoms with van der Waals surface area (Å²) in [6, 6.07) is 0. The molecule has 0 atom stereocenters. The molecule has 0 radical (unpaired) electrons. The molecule has 0 unspecified atom stereocenters. The Kier molecular flexibility index (Phi) is 20.9. The fourth-order valence-corrected chi connectivity index (χ4v) is 0. The van der Waals surface area contributed by atoms with E-state index in [4.69, 9.17) is 16.7 Å². The SMILES string of the molecule is N.N.O=C(O)CCl. The standard InChI is InChI=1S/C2H3ClO2.2H3N/c3-1-2(4)5;;/h1H2,(H,4,5);2*1H3. The van der Waals surface area contributed by atoms with Crippen molar-refractivity contribution in [3.8, 4) is 0 Å². The molecule has 0 aromatic rings.